The molecule has 2 fully saturated rings. The number of amides is 2. The molecule has 0 radical (unpaired) electrons. The summed E-state index contributed by atoms with van der Waals surface area (Å²) in [6.07, 6.45) is 12.1. The molecule has 4 rings (SSSR count). The fourth-order valence-corrected chi connectivity index (χ4v) is 5.80. The zero-order valence-electron chi connectivity index (χ0n) is 20.9. The molecule has 0 aromatic heterocycles. The normalized spacial score (nSPS) is 22.8. The first-order chi connectivity index (χ1) is 16.6. The predicted octanol–water partition coefficient (Wildman–Crippen LogP) is 4.92. The number of likely N-dealkylation sites (tertiary alicyclic amines) is 1. The number of likely N-dealkylation sites (N-methyl/N-ethyl adjacent to an activating group) is 1. The van der Waals surface area contributed by atoms with Crippen molar-refractivity contribution in [2.75, 3.05) is 46.5 Å². The lowest BCUT2D eigenvalue weighted by atomic mass is 9.75. The topological polar surface area (TPSA) is 59.1 Å². The Kier molecular flexibility index (Phi) is 8.87. The number of benzene rings is 1. The summed E-state index contributed by atoms with van der Waals surface area (Å²) in [4.78, 5) is 29.7. The average Bonchev–Trinajstić information content (AvgIpc) is 3.39. The average molecular weight is 471 g/mol. The first-order valence-corrected chi connectivity index (χ1v) is 13.4. The van der Waals surface area contributed by atoms with Gasteiger partial charge >= 0.3 is 0 Å². The third-order valence-corrected chi connectivity index (χ3v) is 8.23. The molecule has 188 valence electrons. The van der Waals surface area contributed by atoms with Gasteiger partial charge in [0.05, 0.1) is 18.8 Å². The largest absolute Gasteiger partial charge is 0.492 e. The van der Waals surface area contributed by atoms with Crippen LogP contribution in [0.25, 0.3) is 0 Å². The molecule has 3 aliphatic rings. The Balaban J connectivity index is 1.39. The van der Waals surface area contributed by atoms with E-state index >= 15 is 0 Å². The first-order valence-electron chi connectivity index (χ1n) is 13.4. The van der Waals surface area contributed by atoms with Crippen molar-refractivity contribution >= 4 is 11.8 Å². The molecular formula is C28H42N2O4. The Bertz CT molecular complexity index is 812. The number of hydrogen-bond acceptors (Lipinski definition) is 4. The number of carbonyl (C=O) groups excluding carboxylic acids is 2. The minimum atomic E-state index is -0.0343. The van der Waals surface area contributed by atoms with Crippen LogP contribution in [0, 0.1) is 11.3 Å². The molecule has 2 aliphatic heterocycles. The molecule has 0 bridgehead atoms. The van der Waals surface area contributed by atoms with Gasteiger partial charge in [0.1, 0.15) is 5.75 Å². The van der Waals surface area contributed by atoms with Crippen LogP contribution < -0.4 is 4.74 Å². The Hall–Kier alpha value is -2.08. The van der Waals surface area contributed by atoms with Gasteiger partial charge in [-0.05, 0) is 50.2 Å². The van der Waals surface area contributed by atoms with Crippen molar-refractivity contribution in [3.8, 4) is 5.75 Å². The summed E-state index contributed by atoms with van der Waals surface area (Å²) < 4.78 is 12.2. The molecule has 0 unspecified atom stereocenters. The molecule has 6 heteroatoms. The highest BCUT2D eigenvalue weighted by Crippen LogP contribution is 2.38. The molecule has 1 saturated heterocycles. The van der Waals surface area contributed by atoms with E-state index < -0.39 is 0 Å². The van der Waals surface area contributed by atoms with Gasteiger partial charge in [-0.1, -0.05) is 44.2 Å². The first kappa shape index (κ1) is 25.0. The summed E-state index contributed by atoms with van der Waals surface area (Å²) in [5.41, 5.74) is 0.644. The maximum atomic E-state index is 13.0. The number of para-hydroxylation sites is 1. The summed E-state index contributed by atoms with van der Waals surface area (Å²) in [5, 5.41) is 0. The predicted molar refractivity (Wildman–Crippen MR) is 133 cm³/mol. The van der Waals surface area contributed by atoms with Crippen LogP contribution in [0.3, 0.4) is 0 Å². The van der Waals surface area contributed by atoms with E-state index in [1.54, 1.807) is 4.90 Å². The number of piperidine rings is 1. The lowest BCUT2D eigenvalue weighted by molar-refractivity contribution is -0.134. The minimum Gasteiger partial charge on any atom is -0.492 e. The highest BCUT2D eigenvalue weighted by Gasteiger charge is 2.37. The standard InChI is InChI=1S/C28H42N2O4/c1-29-19-21-33-20-7-6-14-28(22-34-25-11-5-4-10-24(25)27(29)32)15-17-30(18-16-28)26(31)13-12-23-8-2-3-9-23/h4-5,10-11,23H,2-3,6-9,12-22H2,1H3. The number of carbonyl (C=O) groups is 2. The van der Waals surface area contributed by atoms with Crippen LogP contribution in [-0.4, -0.2) is 68.1 Å². The van der Waals surface area contributed by atoms with Crippen molar-refractivity contribution in [2.24, 2.45) is 11.3 Å². The molecule has 1 spiro atoms. The fraction of sp³-hybridized carbons (Fsp3) is 0.714. The summed E-state index contributed by atoms with van der Waals surface area (Å²) in [6, 6.07) is 7.56. The number of fused-ring (bicyclic) bond motifs is 1. The SMILES string of the molecule is CN1CCOCCCCC2(CCN(C(=O)CCC3CCCC3)CC2)COc2ccccc2C1=O. The second-order valence-corrected chi connectivity index (χ2v) is 10.7. The Labute approximate surface area is 205 Å². The summed E-state index contributed by atoms with van der Waals surface area (Å²) in [5.74, 6) is 1.72. The molecular weight excluding hydrogens is 428 g/mol. The Morgan fingerprint density at radius 1 is 1.00 bits per heavy atom. The molecule has 0 N–H and O–H groups in total. The Morgan fingerprint density at radius 3 is 2.56 bits per heavy atom. The zero-order chi connectivity index (χ0) is 23.8. The molecule has 1 aliphatic carbocycles. The van der Waals surface area contributed by atoms with Crippen LogP contribution in [-0.2, 0) is 9.53 Å². The number of ether oxygens (including phenoxy) is 2. The lowest BCUT2D eigenvalue weighted by Gasteiger charge is -2.42. The van der Waals surface area contributed by atoms with Crippen LogP contribution in [0.2, 0.25) is 0 Å². The molecule has 6 nitrogen and oxygen atoms in total. The van der Waals surface area contributed by atoms with Crippen molar-refractivity contribution in [2.45, 2.75) is 70.6 Å². The van der Waals surface area contributed by atoms with E-state index in [4.69, 9.17) is 9.47 Å². The van der Waals surface area contributed by atoms with Crippen molar-refractivity contribution in [3.63, 3.8) is 0 Å². The molecule has 2 amide bonds. The van der Waals surface area contributed by atoms with Crippen LogP contribution in [0.1, 0.15) is 81.0 Å². The van der Waals surface area contributed by atoms with Gasteiger partial charge in [0.2, 0.25) is 5.91 Å². The van der Waals surface area contributed by atoms with E-state index in [1.165, 1.54) is 25.7 Å². The number of hydrogen-bond donors (Lipinski definition) is 0. The summed E-state index contributed by atoms with van der Waals surface area (Å²) >= 11 is 0. The molecule has 2 heterocycles. The third kappa shape index (κ3) is 6.53. The van der Waals surface area contributed by atoms with Crippen LogP contribution in [0.4, 0.5) is 0 Å². The van der Waals surface area contributed by atoms with Crippen molar-refractivity contribution < 1.29 is 19.1 Å². The van der Waals surface area contributed by atoms with Crippen LogP contribution in [0.15, 0.2) is 24.3 Å². The smallest absolute Gasteiger partial charge is 0.257 e. The van der Waals surface area contributed by atoms with Gasteiger partial charge in [-0.15, -0.1) is 0 Å². The third-order valence-electron chi connectivity index (χ3n) is 8.23. The van der Waals surface area contributed by atoms with E-state index in [9.17, 15) is 9.59 Å². The highest BCUT2D eigenvalue weighted by atomic mass is 16.5. The maximum absolute atomic E-state index is 13.0. The van der Waals surface area contributed by atoms with Crippen molar-refractivity contribution in [3.05, 3.63) is 29.8 Å². The van der Waals surface area contributed by atoms with Crippen molar-refractivity contribution in [1.82, 2.24) is 9.80 Å². The van der Waals surface area contributed by atoms with Gasteiger partial charge in [0, 0.05) is 45.1 Å². The number of nitrogens with zero attached hydrogens (tertiary/aromatic N) is 2. The second kappa shape index (κ2) is 12.1. The maximum Gasteiger partial charge on any atom is 0.257 e. The van der Waals surface area contributed by atoms with Crippen LogP contribution in [0.5, 0.6) is 5.75 Å². The molecule has 0 atom stereocenters. The van der Waals surface area contributed by atoms with Gasteiger partial charge in [0.15, 0.2) is 0 Å². The van der Waals surface area contributed by atoms with E-state index in [0.29, 0.717) is 43.4 Å². The van der Waals surface area contributed by atoms with Gasteiger partial charge in [-0.25, -0.2) is 0 Å². The Morgan fingerprint density at radius 2 is 1.76 bits per heavy atom. The van der Waals surface area contributed by atoms with Gasteiger partial charge in [-0.3, -0.25) is 9.59 Å². The van der Waals surface area contributed by atoms with E-state index in [2.05, 4.69) is 4.90 Å². The summed E-state index contributed by atoms with van der Waals surface area (Å²) in [6.45, 7) is 4.06. The van der Waals surface area contributed by atoms with E-state index in [-0.39, 0.29) is 11.3 Å². The van der Waals surface area contributed by atoms with Crippen molar-refractivity contribution in [1.29, 1.82) is 0 Å². The molecule has 1 aromatic carbocycles. The van der Waals surface area contributed by atoms with Gasteiger partial charge in [0.25, 0.3) is 5.91 Å². The van der Waals surface area contributed by atoms with Crippen LogP contribution >= 0.6 is 0 Å². The highest BCUT2D eigenvalue weighted by molar-refractivity contribution is 5.96. The molecule has 1 saturated carbocycles. The summed E-state index contributed by atoms with van der Waals surface area (Å²) in [7, 11) is 1.81. The zero-order valence-corrected chi connectivity index (χ0v) is 20.9. The van der Waals surface area contributed by atoms with Gasteiger partial charge < -0.3 is 19.3 Å². The minimum absolute atomic E-state index is 0.0343. The second-order valence-electron chi connectivity index (χ2n) is 10.7. The molecule has 1 aromatic rings. The van der Waals surface area contributed by atoms with E-state index in [1.807, 2.05) is 31.3 Å². The fourth-order valence-electron chi connectivity index (χ4n) is 5.80. The van der Waals surface area contributed by atoms with Gasteiger partial charge in [-0.2, -0.15) is 0 Å². The molecule has 34 heavy (non-hydrogen) atoms. The lowest BCUT2D eigenvalue weighted by Crippen LogP contribution is -2.45. The monoisotopic (exact) mass is 470 g/mol. The quantitative estimate of drug-likeness (QED) is 0.629. The number of rotatable bonds is 3. The van der Waals surface area contributed by atoms with E-state index in [0.717, 1.165) is 64.1 Å².